The molecule has 0 aliphatic rings. The summed E-state index contributed by atoms with van der Waals surface area (Å²) in [5.74, 6) is -0.398. The summed E-state index contributed by atoms with van der Waals surface area (Å²) in [7, 11) is 1.27. The molecule has 0 aliphatic carbocycles. The van der Waals surface area contributed by atoms with Crippen LogP contribution in [0.15, 0.2) is 36.5 Å². The average Bonchev–Trinajstić information content (AvgIpc) is 2.43. The number of methoxy groups -OCH3 is 1. The number of aromatic nitrogens is 1. The van der Waals surface area contributed by atoms with Gasteiger partial charge in [0, 0.05) is 6.20 Å². The summed E-state index contributed by atoms with van der Waals surface area (Å²) < 4.78 is 10.1. The van der Waals surface area contributed by atoms with Crippen LogP contribution < -0.4 is 10.5 Å². The van der Waals surface area contributed by atoms with E-state index in [4.69, 9.17) is 10.5 Å². The fraction of sp³-hybridized carbons (Fsp3) is 0.0769. The van der Waals surface area contributed by atoms with Crippen LogP contribution in [0.1, 0.15) is 10.4 Å². The summed E-state index contributed by atoms with van der Waals surface area (Å²) >= 11 is 0. The Morgan fingerprint density at radius 3 is 2.84 bits per heavy atom. The maximum atomic E-state index is 11.6. The van der Waals surface area contributed by atoms with Crippen LogP contribution in [0.4, 0.5) is 5.69 Å². The number of pyridine rings is 1. The van der Waals surface area contributed by atoms with Gasteiger partial charge in [0.25, 0.3) is 0 Å². The Morgan fingerprint density at radius 1 is 1.32 bits per heavy atom. The number of phenolic OH excluding ortho intramolecular Hbond substituents is 1. The number of nitrogen functional groups attached to an aromatic ring is 1. The first-order chi connectivity index (χ1) is 9.13. The van der Waals surface area contributed by atoms with Crippen LogP contribution in [0.25, 0.3) is 0 Å². The first-order valence-electron chi connectivity index (χ1n) is 5.42. The van der Waals surface area contributed by atoms with E-state index in [2.05, 4.69) is 9.72 Å². The number of anilines is 1. The van der Waals surface area contributed by atoms with E-state index in [0.29, 0.717) is 0 Å². The summed E-state index contributed by atoms with van der Waals surface area (Å²) in [5, 5.41) is 9.49. The molecular formula is C13H12N2O4. The molecule has 1 heterocycles. The van der Waals surface area contributed by atoms with Crippen LogP contribution in [0.2, 0.25) is 0 Å². The standard InChI is InChI=1S/C13H12N2O4/c1-18-13(17)8-4-3-7-15-12(8)19-10-6-2-5-9(16)11(10)14/h2-7,16H,14H2,1H3. The van der Waals surface area contributed by atoms with Crippen LogP contribution in [0, 0.1) is 0 Å². The molecule has 6 nitrogen and oxygen atoms in total. The number of aromatic hydroxyl groups is 1. The highest BCUT2D eigenvalue weighted by Crippen LogP contribution is 2.33. The highest BCUT2D eigenvalue weighted by atomic mass is 16.5. The van der Waals surface area contributed by atoms with Crippen molar-refractivity contribution in [2.75, 3.05) is 12.8 Å². The largest absolute Gasteiger partial charge is 0.506 e. The van der Waals surface area contributed by atoms with Gasteiger partial charge in [0.15, 0.2) is 5.75 Å². The Kier molecular flexibility index (Phi) is 3.51. The van der Waals surface area contributed by atoms with Crippen LogP contribution in [0.3, 0.4) is 0 Å². The van der Waals surface area contributed by atoms with Crippen LogP contribution in [-0.4, -0.2) is 23.2 Å². The average molecular weight is 260 g/mol. The lowest BCUT2D eigenvalue weighted by atomic mass is 10.2. The normalized spacial score (nSPS) is 9.95. The number of rotatable bonds is 3. The van der Waals surface area contributed by atoms with E-state index in [1.54, 1.807) is 18.2 Å². The summed E-state index contributed by atoms with van der Waals surface area (Å²) in [6.45, 7) is 0. The summed E-state index contributed by atoms with van der Waals surface area (Å²) in [5.41, 5.74) is 5.92. The summed E-state index contributed by atoms with van der Waals surface area (Å²) in [4.78, 5) is 15.5. The molecular weight excluding hydrogens is 248 g/mol. The first-order valence-corrected chi connectivity index (χ1v) is 5.42. The van der Waals surface area contributed by atoms with Gasteiger partial charge in [-0.25, -0.2) is 9.78 Å². The fourth-order valence-electron chi connectivity index (χ4n) is 1.46. The fourth-order valence-corrected chi connectivity index (χ4v) is 1.46. The molecule has 0 radical (unpaired) electrons. The summed E-state index contributed by atoms with van der Waals surface area (Å²) in [6.07, 6.45) is 1.47. The predicted octanol–water partition coefficient (Wildman–Crippen LogP) is 1.95. The molecule has 3 N–H and O–H groups in total. The van der Waals surface area contributed by atoms with Crippen LogP contribution in [-0.2, 0) is 4.74 Å². The van der Waals surface area contributed by atoms with Gasteiger partial charge < -0.3 is 20.3 Å². The van der Waals surface area contributed by atoms with E-state index < -0.39 is 5.97 Å². The van der Waals surface area contributed by atoms with Crippen LogP contribution >= 0.6 is 0 Å². The minimum absolute atomic E-state index is 0.0617. The predicted molar refractivity (Wildman–Crippen MR) is 68.2 cm³/mol. The molecule has 98 valence electrons. The number of carbonyl (C=O) groups is 1. The molecule has 1 aromatic heterocycles. The molecule has 6 heteroatoms. The van der Waals surface area contributed by atoms with Crippen molar-refractivity contribution in [3.63, 3.8) is 0 Å². The maximum absolute atomic E-state index is 11.6. The molecule has 0 spiro atoms. The van der Waals surface area contributed by atoms with Gasteiger partial charge in [-0.2, -0.15) is 0 Å². The van der Waals surface area contributed by atoms with Crippen molar-refractivity contribution in [1.29, 1.82) is 0 Å². The first kappa shape index (κ1) is 12.7. The zero-order valence-electron chi connectivity index (χ0n) is 10.2. The molecule has 0 fully saturated rings. The summed E-state index contributed by atoms with van der Waals surface area (Å²) in [6, 6.07) is 7.67. The topological polar surface area (TPSA) is 94.7 Å². The van der Waals surface area contributed by atoms with E-state index in [0.717, 1.165) is 0 Å². The molecule has 0 aliphatic heterocycles. The molecule has 2 aromatic rings. The molecule has 0 unspecified atom stereocenters. The second kappa shape index (κ2) is 5.26. The Hall–Kier alpha value is -2.76. The smallest absolute Gasteiger partial charge is 0.343 e. The number of ether oxygens (including phenoxy) is 2. The van der Waals surface area contributed by atoms with E-state index in [9.17, 15) is 9.90 Å². The Morgan fingerprint density at radius 2 is 2.11 bits per heavy atom. The van der Waals surface area contributed by atoms with Gasteiger partial charge >= 0.3 is 5.97 Å². The molecule has 0 atom stereocenters. The number of carbonyl (C=O) groups excluding carboxylic acids is 1. The van der Waals surface area contributed by atoms with Gasteiger partial charge in [0.2, 0.25) is 5.88 Å². The van der Waals surface area contributed by atoms with Gasteiger partial charge in [-0.1, -0.05) is 6.07 Å². The van der Waals surface area contributed by atoms with Crippen LogP contribution in [0.5, 0.6) is 17.4 Å². The Labute approximate surface area is 109 Å². The van der Waals surface area contributed by atoms with E-state index >= 15 is 0 Å². The minimum atomic E-state index is -0.568. The number of phenols is 1. The quantitative estimate of drug-likeness (QED) is 0.497. The lowest BCUT2D eigenvalue weighted by Gasteiger charge is -2.10. The third-order valence-corrected chi connectivity index (χ3v) is 2.43. The van der Waals surface area contributed by atoms with E-state index in [1.807, 2.05) is 0 Å². The van der Waals surface area contributed by atoms with Crippen molar-refractivity contribution in [3.05, 3.63) is 42.1 Å². The Balaban J connectivity index is 2.39. The highest BCUT2D eigenvalue weighted by Gasteiger charge is 2.16. The van der Waals surface area contributed by atoms with Crippen molar-refractivity contribution < 1.29 is 19.4 Å². The third-order valence-electron chi connectivity index (χ3n) is 2.43. The van der Waals surface area contributed by atoms with Gasteiger partial charge in [-0.05, 0) is 24.3 Å². The third kappa shape index (κ3) is 2.57. The number of para-hydroxylation sites is 1. The highest BCUT2D eigenvalue weighted by molar-refractivity contribution is 5.91. The molecule has 2 rings (SSSR count). The molecule has 0 saturated heterocycles. The van der Waals surface area contributed by atoms with Crippen molar-refractivity contribution in [2.24, 2.45) is 0 Å². The number of nitrogens with zero attached hydrogens (tertiary/aromatic N) is 1. The number of hydrogen-bond donors (Lipinski definition) is 2. The number of benzene rings is 1. The number of nitrogens with two attached hydrogens (primary N) is 1. The van der Waals surface area contributed by atoms with Crippen molar-refractivity contribution in [3.8, 4) is 17.4 Å². The number of esters is 1. The second-order valence-electron chi connectivity index (χ2n) is 3.64. The zero-order valence-corrected chi connectivity index (χ0v) is 10.2. The van der Waals surface area contributed by atoms with Crippen molar-refractivity contribution >= 4 is 11.7 Å². The van der Waals surface area contributed by atoms with Gasteiger partial charge in [-0.3, -0.25) is 0 Å². The van der Waals surface area contributed by atoms with Gasteiger partial charge in [0.1, 0.15) is 17.0 Å². The molecule has 19 heavy (non-hydrogen) atoms. The SMILES string of the molecule is COC(=O)c1cccnc1Oc1cccc(O)c1N. The van der Waals surface area contributed by atoms with Crippen molar-refractivity contribution in [2.45, 2.75) is 0 Å². The van der Waals surface area contributed by atoms with E-state index in [-0.39, 0.29) is 28.6 Å². The van der Waals surface area contributed by atoms with Gasteiger partial charge in [0.05, 0.1) is 7.11 Å². The zero-order chi connectivity index (χ0) is 13.8. The Bertz CT molecular complexity index is 613. The van der Waals surface area contributed by atoms with Gasteiger partial charge in [-0.15, -0.1) is 0 Å². The lowest BCUT2D eigenvalue weighted by molar-refractivity contribution is 0.0597. The molecule has 0 bridgehead atoms. The number of hydrogen-bond acceptors (Lipinski definition) is 6. The molecule has 0 amide bonds. The minimum Gasteiger partial charge on any atom is -0.506 e. The molecule has 1 aromatic carbocycles. The molecule has 0 saturated carbocycles. The lowest BCUT2D eigenvalue weighted by Crippen LogP contribution is -2.05. The van der Waals surface area contributed by atoms with Crippen molar-refractivity contribution in [1.82, 2.24) is 4.98 Å². The second-order valence-corrected chi connectivity index (χ2v) is 3.64. The maximum Gasteiger partial charge on any atom is 0.343 e. The monoisotopic (exact) mass is 260 g/mol. The van der Waals surface area contributed by atoms with E-state index in [1.165, 1.54) is 25.4 Å².